The molecule has 152 valence electrons. The van der Waals surface area contributed by atoms with E-state index in [-0.39, 0.29) is 11.9 Å². The minimum atomic E-state index is -3.25. The number of aromatic nitrogens is 1. The van der Waals surface area contributed by atoms with Crippen LogP contribution in [0.4, 0.5) is 0 Å². The first-order valence-electron chi connectivity index (χ1n) is 9.17. The number of hydrogen-bond acceptors (Lipinski definition) is 4. The highest BCUT2D eigenvalue weighted by molar-refractivity contribution is 7.88. The van der Waals surface area contributed by atoms with E-state index in [0.717, 1.165) is 17.2 Å². The first-order chi connectivity index (χ1) is 12.8. The van der Waals surface area contributed by atoms with Crippen molar-refractivity contribution >= 4 is 26.8 Å². The molecule has 0 bridgehead atoms. The van der Waals surface area contributed by atoms with Gasteiger partial charge in [-0.1, -0.05) is 20.8 Å². The fourth-order valence-corrected chi connectivity index (χ4v) is 3.51. The lowest BCUT2D eigenvalue weighted by molar-refractivity contribution is 0.0937. The summed E-state index contributed by atoms with van der Waals surface area (Å²) < 4.78 is 32.4. The van der Waals surface area contributed by atoms with E-state index in [0.29, 0.717) is 31.7 Å². The molecule has 1 atom stereocenters. The zero-order chi connectivity index (χ0) is 20.4. The summed E-state index contributed by atoms with van der Waals surface area (Å²) in [4.78, 5) is 12.1. The lowest BCUT2D eigenvalue weighted by atomic mass is 10.1. The summed E-state index contributed by atoms with van der Waals surface area (Å²) in [5, 5.41) is 3.73. The second-order valence-corrected chi connectivity index (χ2v) is 7.77. The van der Waals surface area contributed by atoms with Crippen molar-refractivity contribution in [1.82, 2.24) is 14.6 Å². The maximum absolute atomic E-state index is 12.1. The van der Waals surface area contributed by atoms with Gasteiger partial charge in [0.1, 0.15) is 0 Å². The third-order valence-electron chi connectivity index (χ3n) is 3.92. The van der Waals surface area contributed by atoms with Gasteiger partial charge in [-0.15, -0.1) is 0 Å². The van der Waals surface area contributed by atoms with Crippen molar-refractivity contribution in [3.05, 3.63) is 36.0 Å². The molecule has 0 radical (unpaired) electrons. The van der Waals surface area contributed by atoms with Crippen LogP contribution in [-0.2, 0) is 21.3 Å². The molecule has 0 aliphatic heterocycles. The Kier molecular flexibility index (Phi) is 9.48. The van der Waals surface area contributed by atoms with Crippen LogP contribution >= 0.6 is 0 Å². The van der Waals surface area contributed by atoms with Crippen LogP contribution in [0.1, 0.15) is 37.6 Å². The van der Waals surface area contributed by atoms with Gasteiger partial charge in [-0.3, -0.25) is 4.79 Å². The van der Waals surface area contributed by atoms with Gasteiger partial charge in [0.2, 0.25) is 10.0 Å². The third kappa shape index (κ3) is 7.32. The summed E-state index contributed by atoms with van der Waals surface area (Å²) in [6.07, 6.45) is 3.76. The van der Waals surface area contributed by atoms with E-state index in [2.05, 4.69) is 10.0 Å². The Morgan fingerprint density at radius 1 is 1.26 bits per heavy atom. The highest BCUT2D eigenvalue weighted by Crippen LogP contribution is 2.18. The summed E-state index contributed by atoms with van der Waals surface area (Å²) in [6, 6.07) is 7.23. The molecule has 7 nitrogen and oxygen atoms in total. The smallest absolute Gasteiger partial charge is 0.251 e. The van der Waals surface area contributed by atoms with Crippen LogP contribution in [0.5, 0.6) is 0 Å². The molecule has 0 saturated carbocycles. The number of sulfonamides is 1. The normalized spacial score (nSPS) is 12.3. The molecule has 0 spiro atoms. The number of methoxy groups -OCH3 is 1. The Morgan fingerprint density at radius 2 is 1.96 bits per heavy atom. The minimum Gasteiger partial charge on any atom is -0.383 e. The molecule has 8 heteroatoms. The summed E-state index contributed by atoms with van der Waals surface area (Å²) in [7, 11) is -1.66. The number of carbonyl (C=O) groups excluding carboxylic acids is 1. The lowest BCUT2D eigenvalue weighted by Crippen LogP contribution is -2.36. The molecule has 0 fully saturated rings. The number of ether oxygens (including phenoxy) is 1. The minimum absolute atomic E-state index is 0.142. The Hall–Kier alpha value is -1.90. The topological polar surface area (TPSA) is 89.4 Å². The van der Waals surface area contributed by atoms with Crippen molar-refractivity contribution in [2.75, 3.05) is 26.5 Å². The molecule has 1 heterocycles. The quantitative estimate of drug-likeness (QED) is 0.636. The van der Waals surface area contributed by atoms with E-state index in [1.807, 2.05) is 49.7 Å². The highest BCUT2D eigenvalue weighted by Gasteiger charge is 2.14. The van der Waals surface area contributed by atoms with Gasteiger partial charge in [-0.05, 0) is 30.7 Å². The van der Waals surface area contributed by atoms with Gasteiger partial charge in [-0.2, -0.15) is 0 Å². The summed E-state index contributed by atoms with van der Waals surface area (Å²) in [6.45, 7) is 7.41. The number of fused-ring (bicyclic) bond motifs is 1. The molecule has 0 aliphatic rings. The Labute approximate surface area is 162 Å². The second-order valence-electron chi connectivity index (χ2n) is 5.99. The second kappa shape index (κ2) is 11.1. The molecule has 1 aromatic heterocycles. The molecular formula is C19H31N3O4S. The molecule has 0 aliphatic carbocycles. The van der Waals surface area contributed by atoms with Crippen molar-refractivity contribution in [2.45, 2.75) is 39.8 Å². The number of amides is 1. The van der Waals surface area contributed by atoms with Gasteiger partial charge in [0.25, 0.3) is 5.91 Å². The maximum atomic E-state index is 12.1. The van der Waals surface area contributed by atoms with Gasteiger partial charge in [-0.25, -0.2) is 13.1 Å². The molecule has 1 aromatic carbocycles. The molecule has 27 heavy (non-hydrogen) atoms. The lowest BCUT2D eigenvalue weighted by Gasteiger charge is -2.17. The van der Waals surface area contributed by atoms with E-state index in [1.54, 1.807) is 13.2 Å². The molecule has 2 rings (SSSR count). The van der Waals surface area contributed by atoms with Crippen molar-refractivity contribution in [2.24, 2.45) is 0 Å². The fourth-order valence-electron chi connectivity index (χ4n) is 2.66. The van der Waals surface area contributed by atoms with Crippen LogP contribution in [-0.4, -0.2) is 51.5 Å². The highest BCUT2D eigenvalue weighted by atomic mass is 32.2. The van der Waals surface area contributed by atoms with Crippen LogP contribution < -0.4 is 10.0 Å². The molecular weight excluding hydrogens is 366 g/mol. The summed E-state index contributed by atoms with van der Waals surface area (Å²) in [5.74, 6) is -0.142. The van der Waals surface area contributed by atoms with Crippen LogP contribution in [0.15, 0.2) is 30.5 Å². The standard InChI is InChI=1S/C17H25N3O4S.C2H6/c1-4-15(19-25(3,22)23)12-20-9-7-13-11-14(5-6-16(13)20)17(21)18-8-10-24-2;1-2/h5-7,9,11,15,19H,4,8,10,12H2,1-3H3,(H,18,21);1-2H3/t15-;/m0./s1. The van der Waals surface area contributed by atoms with Gasteiger partial charge in [0, 0.05) is 48.9 Å². The van der Waals surface area contributed by atoms with E-state index in [1.165, 1.54) is 0 Å². The first-order valence-corrected chi connectivity index (χ1v) is 11.1. The van der Waals surface area contributed by atoms with E-state index in [9.17, 15) is 13.2 Å². The van der Waals surface area contributed by atoms with Gasteiger partial charge in [0.15, 0.2) is 0 Å². The van der Waals surface area contributed by atoms with Crippen molar-refractivity contribution in [3.8, 4) is 0 Å². The Bertz CT molecular complexity index is 831. The van der Waals surface area contributed by atoms with Crippen molar-refractivity contribution in [3.63, 3.8) is 0 Å². The maximum Gasteiger partial charge on any atom is 0.251 e. The monoisotopic (exact) mass is 397 g/mol. The van der Waals surface area contributed by atoms with Gasteiger partial charge < -0.3 is 14.6 Å². The van der Waals surface area contributed by atoms with Crippen LogP contribution in [0.25, 0.3) is 10.9 Å². The Morgan fingerprint density at radius 3 is 2.56 bits per heavy atom. The van der Waals surface area contributed by atoms with Crippen molar-refractivity contribution < 1.29 is 17.9 Å². The molecule has 1 amide bonds. The van der Waals surface area contributed by atoms with Crippen molar-refractivity contribution in [1.29, 1.82) is 0 Å². The van der Waals surface area contributed by atoms with E-state index in [4.69, 9.17) is 4.74 Å². The predicted octanol–water partition coefficient (Wildman–Crippen LogP) is 2.37. The average molecular weight is 398 g/mol. The first kappa shape index (κ1) is 23.1. The van der Waals surface area contributed by atoms with Crippen LogP contribution in [0.2, 0.25) is 0 Å². The number of nitrogens with zero attached hydrogens (tertiary/aromatic N) is 1. The predicted molar refractivity (Wildman–Crippen MR) is 110 cm³/mol. The molecule has 2 N–H and O–H groups in total. The molecule has 0 unspecified atom stereocenters. The number of carbonyl (C=O) groups is 1. The number of hydrogen-bond donors (Lipinski definition) is 2. The SMILES string of the molecule is CC.CC[C@@H](Cn1ccc2cc(C(=O)NCCOC)ccc21)NS(C)(=O)=O. The molecule has 2 aromatic rings. The number of benzene rings is 1. The summed E-state index contributed by atoms with van der Waals surface area (Å²) in [5.41, 5.74) is 1.55. The van der Waals surface area contributed by atoms with Gasteiger partial charge in [0.05, 0.1) is 12.9 Å². The number of nitrogens with one attached hydrogen (secondary N) is 2. The fraction of sp³-hybridized carbons (Fsp3) is 0.526. The number of rotatable bonds is 9. The van der Waals surface area contributed by atoms with E-state index < -0.39 is 10.0 Å². The average Bonchev–Trinajstić information content (AvgIpc) is 3.04. The summed E-state index contributed by atoms with van der Waals surface area (Å²) >= 11 is 0. The van der Waals surface area contributed by atoms with Gasteiger partial charge >= 0.3 is 0 Å². The zero-order valence-corrected chi connectivity index (χ0v) is 17.6. The third-order valence-corrected chi connectivity index (χ3v) is 4.68. The molecule has 0 saturated heterocycles. The van der Waals surface area contributed by atoms with Crippen LogP contribution in [0, 0.1) is 0 Å². The zero-order valence-electron chi connectivity index (χ0n) is 16.8. The van der Waals surface area contributed by atoms with Crippen LogP contribution in [0.3, 0.4) is 0 Å². The largest absolute Gasteiger partial charge is 0.383 e. The van der Waals surface area contributed by atoms with E-state index >= 15 is 0 Å². The Balaban J connectivity index is 0.00000176.